The SMILES string of the molecule is Cc1cc(Cl)cc(-c2ccnc3cc(CN4C(=O)CCC4=O)sc23)c1OC1CCN(CCCNC(=O)OC(C)(C)C)CC1. The summed E-state index contributed by atoms with van der Waals surface area (Å²) in [4.78, 5) is 45.5. The first-order valence-corrected chi connectivity index (χ1v) is 16.0. The molecule has 11 heteroatoms. The molecule has 0 aliphatic carbocycles. The Labute approximate surface area is 261 Å². The summed E-state index contributed by atoms with van der Waals surface area (Å²) in [5.74, 6) is 0.567. The number of fused-ring (bicyclic) bond motifs is 1. The number of aryl methyl sites for hydroxylation is 1. The van der Waals surface area contributed by atoms with Crippen LogP contribution in [0, 0.1) is 6.92 Å². The highest BCUT2D eigenvalue weighted by Crippen LogP contribution is 2.42. The summed E-state index contributed by atoms with van der Waals surface area (Å²) in [7, 11) is 0. The lowest BCUT2D eigenvalue weighted by Crippen LogP contribution is -2.40. The third-order valence-corrected chi connectivity index (χ3v) is 8.96. The lowest BCUT2D eigenvalue weighted by molar-refractivity contribution is -0.139. The van der Waals surface area contributed by atoms with E-state index in [1.165, 1.54) is 4.90 Å². The number of hydrogen-bond acceptors (Lipinski definition) is 8. The van der Waals surface area contributed by atoms with Crippen LogP contribution in [-0.2, 0) is 20.9 Å². The standard InChI is InChI=1S/C32H39ClN4O5S/c1-20-16-21(33)17-25(24-8-12-34-26-18-23(43-30(24)26)19-37-27(38)6-7-28(37)39)29(20)41-22-9-14-36(15-10-22)13-5-11-35-31(40)42-32(2,3)4/h8,12,16-18,22H,5-7,9-11,13-15,19H2,1-4H3,(H,35,40). The van der Waals surface area contributed by atoms with E-state index in [0.717, 1.165) is 76.4 Å². The summed E-state index contributed by atoms with van der Waals surface area (Å²) >= 11 is 8.10. The molecule has 9 nitrogen and oxygen atoms in total. The number of nitrogens with one attached hydrogen (secondary N) is 1. The van der Waals surface area contributed by atoms with Crippen molar-refractivity contribution in [1.82, 2.24) is 20.1 Å². The highest BCUT2D eigenvalue weighted by Gasteiger charge is 2.30. The van der Waals surface area contributed by atoms with Crippen LogP contribution in [0.2, 0.25) is 5.02 Å². The molecule has 0 bridgehead atoms. The molecule has 2 aliphatic rings. The molecule has 0 radical (unpaired) electrons. The zero-order chi connectivity index (χ0) is 30.7. The number of ether oxygens (including phenoxy) is 2. The average molecular weight is 627 g/mol. The summed E-state index contributed by atoms with van der Waals surface area (Å²) in [6, 6.07) is 7.80. The molecule has 1 N–H and O–H groups in total. The van der Waals surface area contributed by atoms with Gasteiger partial charge in [-0.25, -0.2) is 4.79 Å². The van der Waals surface area contributed by atoms with Crippen LogP contribution in [0.4, 0.5) is 4.79 Å². The lowest BCUT2D eigenvalue weighted by Gasteiger charge is -2.33. The van der Waals surface area contributed by atoms with Crippen LogP contribution >= 0.6 is 22.9 Å². The van der Waals surface area contributed by atoms with Gasteiger partial charge in [0, 0.05) is 59.7 Å². The van der Waals surface area contributed by atoms with Gasteiger partial charge in [-0.2, -0.15) is 0 Å². The Bertz CT molecular complexity index is 1490. The highest BCUT2D eigenvalue weighted by molar-refractivity contribution is 7.19. The topological polar surface area (TPSA) is 101 Å². The fraction of sp³-hybridized carbons (Fsp3) is 0.500. The van der Waals surface area contributed by atoms with Crippen LogP contribution in [0.1, 0.15) is 63.3 Å². The third-order valence-electron chi connectivity index (χ3n) is 7.60. The van der Waals surface area contributed by atoms with Gasteiger partial charge in [-0.05, 0) is 83.3 Å². The number of thiophene rings is 1. The van der Waals surface area contributed by atoms with Gasteiger partial charge in [0.1, 0.15) is 17.5 Å². The zero-order valence-corrected chi connectivity index (χ0v) is 26.8. The fourth-order valence-corrected chi connectivity index (χ4v) is 6.95. The van der Waals surface area contributed by atoms with Crippen LogP contribution < -0.4 is 10.1 Å². The van der Waals surface area contributed by atoms with Crippen molar-refractivity contribution in [2.75, 3.05) is 26.2 Å². The number of hydrogen-bond donors (Lipinski definition) is 1. The minimum Gasteiger partial charge on any atom is -0.489 e. The first kappa shape index (κ1) is 31.2. The number of carbonyl (C=O) groups is 3. The first-order valence-electron chi connectivity index (χ1n) is 14.8. The van der Waals surface area contributed by atoms with E-state index in [0.29, 0.717) is 11.6 Å². The van der Waals surface area contributed by atoms with E-state index in [1.807, 2.05) is 52.0 Å². The van der Waals surface area contributed by atoms with Gasteiger partial charge in [-0.3, -0.25) is 19.5 Å². The van der Waals surface area contributed by atoms with E-state index < -0.39 is 5.60 Å². The van der Waals surface area contributed by atoms with Crippen LogP contribution in [0.25, 0.3) is 21.3 Å². The molecule has 230 valence electrons. The molecule has 3 amide bonds. The van der Waals surface area contributed by atoms with E-state index >= 15 is 0 Å². The maximum absolute atomic E-state index is 12.2. The Hall–Kier alpha value is -3.21. The summed E-state index contributed by atoms with van der Waals surface area (Å²) < 4.78 is 13.0. The van der Waals surface area contributed by atoms with Crippen LogP contribution in [-0.4, -0.2) is 70.6 Å². The number of nitrogens with zero attached hydrogens (tertiary/aromatic N) is 3. The number of aromatic nitrogens is 1. The Morgan fingerprint density at radius 2 is 1.84 bits per heavy atom. The molecule has 2 aromatic heterocycles. The molecule has 0 atom stereocenters. The largest absolute Gasteiger partial charge is 0.489 e. The first-order chi connectivity index (χ1) is 20.5. The molecule has 43 heavy (non-hydrogen) atoms. The molecule has 0 saturated carbocycles. The van der Waals surface area contributed by atoms with Crippen molar-refractivity contribution in [2.45, 2.75) is 78.0 Å². The van der Waals surface area contributed by atoms with Crippen molar-refractivity contribution in [2.24, 2.45) is 0 Å². The third kappa shape index (κ3) is 7.85. The van der Waals surface area contributed by atoms with E-state index in [-0.39, 0.29) is 43.4 Å². The molecule has 2 aliphatic heterocycles. The lowest BCUT2D eigenvalue weighted by atomic mass is 10.0. The van der Waals surface area contributed by atoms with Crippen molar-refractivity contribution in [3.05, 3.63) is 45.9 Å². The van der Waals surface area contributed by atoms with Gasteiger partial charge in [-0.15, -0.1) is 11.3 Å². The van der Waals surface area contributed by atoms with Gasteiger partial charge in [0.15, 0.2) is 0 Å². The molecule has 3 aromatic rings. The van der Waals surface area contributed by atoms with E-state index in [9.17, 15) is 14.4 Å². The number of alkyl carbamates (subject to hydrolysis) is 1. The minimum absolute atomic E-state index is 0.0678. The van der Waals surface area contributed by atoms with Crippen LogP contribution in [0.15, 0.2) is 30.5 Å². The molecular weight excluding hydrogens is 588 g/mol. The summed E-state index contributed by atoms with van der Waals surface area (Å²) in [6.07, 6.45) is 4.67. The Balaban J connectivity index is 1.24. The molecule has 0 spiro atoms. The van der Waals surface area contributed by atoms with Gasteiger partial charge in [-0.1, -0.05) is 11.6 Å². The summed E-state index contributed by atoms with van der Waals surface area (Å²) in [6.45, 7) is 11.2. The minimum atomic E-state index is -0.499. The van der Waals surface area contributed by atoms with Crippen molar-refractivity contribution in [3.63, 3.8) is 0 Å². The van der Waals surface area contributed by atoms with Crippen molar-refractivity contribution in [1.29, 1.82) is 0 Å². The maximum atomic E-state index is 12.2. The van der Waals surface area contributed by atoms with Crippen molar-refractivity contribution in [3.8, 4) is 16.9 Å². The number of benzene rings is 1. The quantitative estimate of drug-likeness (QED) is 0.219. The Morgan fingerprint density at radius 3 is 2.53 bits per heavy atom. The van der Waals surface area contributed by atoms with E-state index in [1.54, 1.807) is 17.5 Å². The molecule has 0 unspecified atom stereocenters. The number of piperidine rings is 1. The van der Waals surface area contributed by atoms with Crippen molar-refractivity contribution >= 4 is 51.1 Å². The maximum Gasteiger partial charge on any atom is 0.407 e. The number of pyridine rings is 1. The predicted molar refractivity (Wildman–Crippen MR) is 169 cm³/mol. The number of imide groups is 1. The van der Waals surface area contributed by atoms with Gasteiger partial charge < -0.3 is 19.7 Å². The zero-order valence-electron chi connectivity index (χ0n) is 25.2. The second kappa shape index (κ2) is 13.2. The van der Waals surface area contributed by atoms with Crippen LogP contribution in [0.5, 0.6) is 5.75 Å². The number of rotatable bonds is 9. The second-order valence-electron chi connectivity index (χ2n) is 12.2. The fourth-order valence-electron chi connectivity index (χ4n) is 5.54. The predicted octanol–water partition coefficient (Wildman–Crippen LogP) is 6.33. The van der Waals surface area contributed by atoms with Crippen molar-refractivity contribution < 1.29 is 23.9 Å². The molecule has 5 rings (SSSR count). The number of carbonyl (C=O) groups excluding carboxylic acids is 3. The number of amides is 3. The molecule has 2 saturated heterocycles. The molecule has 4 heterocycles. The summed E-state index contributed by atoms with van der Waals surface area (Å²) in [5.41, 5.74) is 3.16. The normalized spacial score (nSPS) is 16.7. The van der Waals surface area contributed by atoms with Crippen LogP contribution in [0.3, 0.4) is 0 Å². The number of halogens is 1. The average Bonchev–Trinajstić information content (AvgIpc) is 3.50. The van der Waals surface area contributed by atoms with E-state index in [4.69, 9.17) is 21.1 Å². The van der Waals surface area contributed by atoms with Gasteiger partial charge in [0.25, 0.3) is 0 Å². The molecule has 1 aromatic carbocycles. The molecule has 2 fully saturated rings. The van der Waals surface area contributed by atoms with E-state index in [2.05, 4.69) is 15.2 Å². The van der Waals surface area contributed by atoms with Gasteiger partial charge in [0.05, 0.1) is 16.8 Å². The highest BCUT2D eigenvalue weighted by atomic mass is 35.5. The monoisotopic (exact) mass is 626 g/mol. The van der Waals surface area contributed by atoms with Gasteiger partial charge in [0.2, 0.25) is 11.8 Å². The van der Waals surface area contributed by atoms with Gasteiger partial charge >= 0.3 is 6.09 Å². The molecular formula is C32H39ClN4O5S. The Morgan fingerprint density at radius 1 is 1.12 bits per heavy atom. The smallest absolute Gasteiger partial charge is 0.407 e. The summed E-state index contributed by atoms with van der Waals surface area (Å²) in [5, 5.41) is 3.46. The second-order valence-corrected chi connectivity index (χ2v) is 13.8. The number of likely N-dealkylation sites (tertiary alicyclic amines) is 2. The Kier molecular flexibility index (Phi) is 9.58.